The number of hydrogen-bond acceptors (Lipinski definition) is 10. The second-order valence-electron chi connectivity index (χ2n) is 14.0. The Morgan fingerprint density at radius 3 is 1.73 bits per heavy atom. The molecule has 0 saturated carbocycles. The number of hydrogen-bond donors (Lipinski definition) is 8. The molecule has 0 spiro atoms. The Hall–Kier alpha value is -5.12. The van der Waals surface area contributed by atoms with Crippen molar-refractivity contribution in [2.24, 2.45) is 33.7 Å². The van der Waals surface area contributed by atoms with Gasteiger partial charge in [-0.1, -0.05) is 18.6 Å². The monoisotopic (exact) mass is 911 g/mol. The maximum Gasteiger partial charge on any atom is 0.416 e. The SMILES string of the molecule is N=C(N)CCCCCC(=O)Cc1cc(C(F)(F)F)cc(CC(=O)c2ccc(C(=O)Nc3cc(C(F)(F)F)cc(NC(=O)CCCCN=C(N)N)c3SCCN)cc2)c1SCCN. The van der Waals surface area contributed by atoms with Crippen LogP contribution < -0.4 is 39.3 Å². The number of unbranched alkanes of at least 4 members (excludes halogenated alkanes) is 3. The van der Waals surface area contributed by atoms with Crippen molar-refractivity contribution in [1.29, 1.82) is 5.41 Å². The van der Waals surface area contributed by atoms with E-state index < -0.39 is 47.5 Å². The van der Waals surface area contributed by atoms with Crippen molar-refractivity contribution in [2.75, 3.05) is 41.8 Å². The van der Waals surface area contributed by atoms with Gasteiger partial charge in [0.25, 0.3) is 5.91 Å². The molecule has 2 amide bonds. The van der Waals surface area contributed by atoms with Crippen molar-refractivity contribution in [3.8, 4) is 0 Å². The van der Waals surface area contributed by atoms with Crippen molar-refractivity contribution in [1.82, 2.24) is 0 Å². The average molecular weight is 912 g/mol. The normalized spacial score (nSPS) is 11.5. The van der Waals surface area contributed by atoms with Gasteiger partial charge in [-0.05, 0) is 73.2 Å². The van der Waals surface area contributed by atoms with Gasteiger partial charge in [0.05, 0.1) is 33.2 Å². The number of amidine groups is 1. The second kappa shape index (κ2) is 24.5. The van der Waals surface area contributed by atoms with Crippen molar-refractivity contribution < 1.29 is 45.5 Å². The number of benzene rings is 3. The lowest BCUT2D eigenvalue weighted by molar-refractivity contribution is -0.138. The van der Waals surface area contributed by atoms with Gasteiger partial charge >= 0.3 is 12.4 Å². The molecule has 0 aliphatic heterocycles. The number of nitrogens with zero attached hydrogens (tertiary/aromatic N) is 1. The fourth-order valence-electron chi connectivity index (χ4n) is 6.03. The number of carbonyl (C=O) groups is 4. The third-order valence-electron chi connectivity index (χ3n) is 8.95. The van der Waals surface area contributed by atoms with E-state index in [0.717, 1.165) is 47.8 Å². The quantitative estimate of drug-likeness (QED) is 0.0108. The van der Waals surface area contributed by atoms with E-state index >= 15 is 0 Å². The lowest BCUT2D eigenvalue weighted by Gasteiger charge is -2.19. The number of ketones is 2. The molecule has 13 N–H and O–H groups in total. The molecular weight excluding hydrogens is 861 g/mol. The third-order valence-corrected chi connectivity index (χ3v) is 11.4. The first kappa shape index (κ1) is 51.2. The van der Waals surface area contributed by atoms with Gasteiger partial charge in [0.15, 0.2) is 11.7 Å². The molecular formula is C41H51F6N9O4S2. The lowest BCUT2D eigenvalue weighted by atomic mass is 9.95. The summed E-state index contributed by atoms with van der Waals surface area (Å²) < 4.78 is 84.7. The summed E-state index contributed by atoms with van der Waals surface area (Å²) in [7, 11) is 0. The standard InChI is InChI=1S/C41H51F6N9O4S2/c42-40(43,44)28-18-26(20-30(57)6-2-1-3-7-34(50)51)36(61-16-13-48)27(19-28)21-33(58)24-9-11-25(12-10-24)38(60)56-32-23-29(41(45,46)47)22-31(37(32)62-17-14-49)55-35(59)8-4-5-15-54-39(52)53/h9-12,18-19,22-23H,1-8,13-17,20-21,48-49H2,(H3,50,51)(H,55,59)(H,56,60)(H4,52,53,54). The molecule has 0 radical (unpaired) electrons. The first-order valence-electron chi connectivity index (χ1n) is 19.5. The highest BCUT2D eigenvalue weighted by molar-refractivity contribution is 7.99. The molecule has 0 aromatic heterocycles. The van der Waals surface area contributed by atoms with Crippen molar-refractivity contribution in [3.05, 3.63) is 81.9 Å². The van der Waals surface area contributed by atoms with Crippen molar-refractivity contribution in [2.45, 2.75) is 86.4 Å². The van der Waals surface area contributed by atoms with E-state index in [1.165, 1.54) is 24.3 Å². The maximum atomic E-state index is 14.1. The summed E-state index contributed by atoms with van der Waals surface area (Å²) in [5, 5.41) is 12.3. The van der Waals surface area contributed by atoms with Gasteiger partial charge in [0.1, 0.15) is 5.78 Å². The maximum absolute atomic E-state index is 14.1. The number of amides is 2. The molecule has 338 valence electrons. The Bertz CT molecular complexity index is 2080. The zero-order valence-corrected chi connectivity index (χ0v) is 35.4. The van der Waals surface area contributed by atoms with Crippen LogP contribution in [0.15, 0.2) is 63.3 Å². The number of anilines is 2. The number of nitrogens with one attached hydrogen (secondary N) is 3. The molecule has 0 fully saturated rings. The minimum atomic E-state index is -4.87. The number of Topliss-reactive ketones (excluding diaryl/α,β-unsaturated/α-hetero) is 2. The van der Waals surface area contributed by atoms with E-state index in [1.807, 2.05) is 0 Å². The van der Waals surface area contributed by atoms with Crippen molar-refractivity contribution >= 4 is 70.1 Å². The van der Waals surface area contributed by atoms with Crippen LogP contribution in [0, 0.1) is 5.41 Å². The van der Waals surface area contributed by atoms with Crippen LogP contribution in [0.3, 0.4) is 0 Å². The molecule has 3 rings (SSSR count). The summed E-state index contributed by atoms with van der Waals surface area (Å²) in [4.78, 5) is 57.1. The summed E-state index contributed by atoms with van der Waals surface area (Å²) in [6, 6.07) is 8.29. The number of thioether (sulfide) groups is 2. The summed E-state index contributed by atoms with van der Waals surface area (Å²) in [6.07, 6.45) is -7.60. The smallest absolute Gasteiger partial charge is 0.388 e. The molecule has 0 aliphatic carbocycles. The van der Waals surface area contributed by atoms with Gasteiger partial charge in [-0.15, -0.1) is 23.5 Å². The van der Waals surface area contributed by atoms with Crippen LogP contribution in [0.1, 0.15) is 94.3 Å². The molecule has 21 heteroatoms. The Morgan fingerprint density at radius 2 is 1.16 bits per heavy atom. The van der Waals surface area contributed by atoms with E-state index in [4.69, 9.17) is 34.1 Å². The molecule has 62 heavy (non-hydrogen) atoms. The Morgan fingerprint density at radius 1 is 0.645 bits per heavy atom. The Labute approximate surface area is 363 Å². The molecule has 0 aliphatic rings. The predicted octanol–water partition coefficient (Wildman–Crippen LogP) is 6.88. The van der Waals surface area contributed by atoms with Crippen LogP contribution in [-0.2, 0) is 34.8 Å². The minimum Gasteiger partial charge on any atom is -0.388 e. The highest BCUT2D eigenvalue weighted by Gasteiger charge is 2.34. The zero-order chi connectivity index (χ0) is 46.0. The van der Waals surface area contributed by atoms with Crippen molar-refractivity contribution in [3.63, 3.8) is 0 Å². The number of aliphatic imine (C=N–C) groups is 1. The van der Waals surface area contributed by atoms with Gasteiger partial charge in [-0.3, -0.25) is 29.6 Å². The van der Waals surface area contributed by atoms with Crippen LogP contribution in [0.2, 0.25) is 0 Å². The predicted molar refractivity (Wildman–Crippen MR) is 232 cm³/mol. The molecule has 3 aromatic rings. The lowest BCUT2D eigenvalue weighted by Crippen LogP contribution is -2.23. The third kappa shape index (κ3) is 17.0. The van der Waals surface area contributed by atoms with Crippen LogP contribution >= 0.6 is 23.5 Å². The van der Waals surface area contributed by atoms with E-state index in [0.29, 0.717) is 43.4 Å². The number of rotatable bonds is 25. The topological polar surface area (TPSA) is 259 Å². The van der Waals surface area contributed by atoms with Gasteiger partial charge in [-0.25, -0.2) is 0 Å². The number of guanidine groups is 1. The molecule has 0 unspecified atom stereocenters. The molecule has 0 atom stereocenters. The van der Waals surface area contributed by atoms with E-state index in [2.05, 4.69) is 15.6 Å². The fourth-order valence-corrected chi connectivity index (χ4v) is 7.84. The second-order valence-corrected chi connectivity index (χ2v) is 16.2. The summed E-state index contributed by atoms with van der Waals surface area (Å²) in [5.74, 6) is -1.94. The van der Waals surface area contributed by atoms with Crippen LogP contribution in [0.25, 0.3) is 0 Å². The van der Waals surface area contributed by atoms with Crippen LogP contribution in [-0.4, -0.2) is 66.3 Å². The largest absolute Gasteiger partial charge is 0.416 e. The molecule has 0 heterocycles. The Balaban J connectivity index is 1.89. The molecule has 0 bridgehead atoms. The highest BCUT2D eigenvalue weighted by Crippen LogP contribution is 2.42. The van der Waals surface area contributed by atoms with E-state index in [1.54, 1.807) is 0 Å². The number of alkyl halides is 6. The Kier molecular flexibility index (Phi) is 20.2. The summed E-state index contributed by atoms with van der Waals surface area (Å²) in [5.41, 5.74) is 24.8. The van der Waals surface area contributed by atoms with Gasteiger partial charge in [0, 0.05) is 79.3 Å². The average Bonchev–Trinajstić information content (AvgIpc) is 3.18. The highest BCUT2D eigenvalue weighted by atomic mass is 32.2. The number of halogens is 6. The van der Waals surface area contributed by atoms with E-state index in [9.17, 15) is 45.5 Å². The van der Waals surface area contributed by atoms with Gasteiger partial charge in [0.2, 0.25) is 5.91 Å². The van der Waals surface area contributed by atoms with E-state index in [-0.39, 0.29) is 107 Å². The van der Waals surface area contributed by atoms with Crippen LogP contribution in [0.4, 0.5) is 37.7 Å². The minimum absolute atomic E-state index is 0.0235. The first-order chi connectivity index (χ1) is 29.2. The first-order valence-corrected chi connectivity index (χ1v) is 21.5. The fraction of sp³-hybridized carbons (Fsp3) is 0.415. The van der Waals surface area contributed by atoms with Crippen LogP contribution in [0.5, 0.6) is 0 Å². The summed E-state index contributed by atoms with van der Waals surface area (Å²) >= 11 is 2.14. The summed E-state index contributed by atoms with van der Waals surface area (Å²) in [6.45, 7) is 0.534. The number of carbonyl (C=O) groups excluding carboxylic acids is 4. The zero-order valence-electron chi connectivity index (χ0n) is 33.8. The molecule has 3 aromatic carbocycles. The van der Waals surface area contributed by atoms with Gasteiger partial charge in [-0.2, -0.15) is 26.3 Å². The number of nitrogens with two attached hydrogens (primary N) is 5. The molecule has 13 nitrogen and oxygen atoms in total. The molecule has 0 saturated heterocycles. The van der Waals surface area contributed by atoms with Gasteiger partial charge < -0.3 is 39.3 Å².